The number of aromatic nitrogens is 1. The molecule has 128 valence electrons. The molecule has 1 heterocycles. The zero-order valence-corrected chi connectivity index (χ0v) is 14.5. The maximum Gasteiger partial charge on any atom is 0.151 e. The molecule has 0 saturated carbocycles. The highest BCUT2D eigenvalue weighted by Gasteiger charge is 2.01. The van der Waals surface area contributed by atoms with Crippen molar-refractivity contribution in [2.24, 2.45) is 0 Å². The summed E-state index contributed by atoms with van der Waals surface area (Å²) in [5, 5.41) is 0. The molecular weight excluding hydrogens is 298 g/mol. The largest absolute Gasteiger partial charge is 0.494 e. The molecule has 0 spiro atoms. The fourth-order valence-corrected chi connectivity index (χ4v) is 2.62. The van der Waals surface area contributed by atoms with Gasteiger partial charge in [-0.15, -0.1) is 0 Å². The molecule has 1 aromatic heterocycles. The lowest BCUT2D eigenvalue weighted by Gasteiger charge is -2.07. The van der Waals surface area contributed by atoms with E-state index >= 15 is 0 Å². The maximum absolute atomic E-state index is 10.7. The normalized spacial score (nSPS) is 10.5. The Balaban J connectivity index is 1.71. The first kappa shape index (κ1) is 18.2. The molecular formula is C21H27NO2. The summed E-state index contributed by atoms with van der Waals surface area (Å²) in [6.07, 6.45) is 11.4. The van der Waals surface area contributed by atoms with Gasteiger partial charge in [-0.2, -0.15) is 0 Å². The Morgan fingerprint density at radius 3 is 2.25 bits per heavy atom. The highest BCUT2D eigenvalue weighted by molar-refractivity contribution is 5.75. The molecule has 2 rings (SSSR count). The second-order valence-electron chi connectivity index (χ2n) is 6.09. The Bertz CT molecular complexity index is 590. The highest BCUT2D eigenvalue weighted by atomic mass is 16.5. The van der Waals surface area contributed by atoms with Crippen LogP contribution in [0.3, 0.4) is 0 Å². The van der Waals surface area contributed by atoms with Crippen LogP contribution in [0.15, 0.2) is 42.6 Å². The van der Waals surface area contributed by atoms with Crippen molar-refractivity contribution in [2.75, 3.05) is 6.61 Å². The molecule has 0 radical (unpaired) electrons. The van der Waals surface area contributed by atoms with Crippen LogP contribution in [0.2, 0.25) is 0 Å². The van der Waals surface area contributed by atoms with Crippen LogP contribution in [0, 0.1) is 0 Å². The number of benzene rings is 1. The second kappa shape index (κ2) is 10.6. The Kier molecular flexibility index (Phi) is 8.02. The molecule has 0 unspecified atom stereocenters. The minimum atomic E-state index is 0.591. The van der Waals surface area contributed by atoms with Gasteiger partial charge in [0.25, 0.3) is 0 Å². The fraction of sp³-hybridized carbons (Fsp3) is 0.429. The molecule has 24 heavy (non-hydrogen) atoms. The van der Waals surface area contributed by atoms with Crippen LogP contribution < -0.4 is 4.74 Å². The summed E-state index contributed by atoms with van der Waals surface area (Å²) in [5.41, 5.74) is 2.48. The van der Waals surface area contributed by atoms with Crippen LogP contribution in [-0.4, -0.2) is 17.9 Å². The lowest BCUT2D eigenvalue weighted by atomic mass is 10.1. The van der Waals surface area contributed by atoms with Crippen molar-refractivity contribution >= 4 is 6.29 Å². The molecule has 0 atom stereocenters. The van der Waals surface area contributed by atoms with E-state index in [1.807, 2.05) is 30.3 Å². The summed E-state index contributed by atoms with van der Waals surface area (Å²) < 4.78 is 5.79. The average Bonchev–Trinajstić information content (AvgIpc) is 2.64. The van der Waals surface area contributed by atoms with Gasteiger partial charge in [-0.3, -0.25) is 9.78 Å². The van der Waals surface area contributed by atoms with E-state index in [1.54, 1.807) is 12.3 Å². The molecule has 3 heteroatoms. The molecule has 0 fully saturated rings. The molecule has 2 aromatic rings. The van der Waals surface area contributed by atoms with Crippen molar-refractivity contribution < 1.29 is 9.53 Å². The van der Waals surface area contributed by atoms with E-state index in [0.717, 1.165) is 36.3 Å². The highest BCUT2D eigenvalue weighted by Crippen LogP contribution is 2.21. The number of rotatable bonds is 11. The number of hydrogen-bond donors (Lipinski definition) is 0. The Labute approximate surface area is 145 Å². The third kappa shape index (κ3) is 6.15. The van der Waals surface area contributed by atoms with Gasteiger partial charge in [0, 0.05) is 17.3 Å². The van der Waals surface area contributed by atoms with Gasteiger partial charge in [0.2, 0.25) is 0 Å². The quantitative estimate of drug-likeness (QED) is 0.393. The van der Waals surface area contributed by atoms with Crippen LogP contribution in [0.5, 0.6) is 5.75 Å². The van der Waals surface area contributed by atoms with Crippen LogP contribution in [0.4, 0.5) is 0 Å². The average molecular weight is 325 g/mol. The third-order valence-electron chi connectivity index (χ3n) is 4.09. The summed E-state index contributed by atoms with van der Waals surface area (Å²) in [6.45, 7) is 3.02. The topological polar surface area (TPSA) is 39.2 Å². The van der Waals surface area contributed by atoms with E-state index in [2.05, 4.69) is 11.9 Å². The van der Waals surface area contributed by atoms with E-state index in [0.29, 0.717) is 5.56 Å². The number of ether oxygens (including phenoxy) is 1. The third-order valence-corrected chi connectivity index (χ3v) is 4.09. The standard InChI is InChI=1S/C21H27NO2/c1-2-3-4-5-6-7-8-15-24-20-12-10-19(11-13-20)21-14-9-18(17-23)16-22-21/h9-14,16-17H,2-8,15H2,1H3. The SMILES string of the molecule is CCCCCCCCCOc1ccc(-c2ccc(C=O)cn2)cc1. The Morgan fingerprint density at radius 1 is 0.917 bits per heavy atom. The summed E-state index contributed by atoms with van der Waals surface area (Å²) in [6, 6.07) is 11.6. The van der Waals surface area contributed by atoms with Crippen molar-refractivity contribution in [1.29, 1.82) is 0 Å². The number of unbranched alkanes of at least 4 members (excludes halogenated alkanes) is 6. The van der Waals surface area contributed by atoms with Crippen LogP contribution in [-0.2, 0) is 0 Å². The lowest BCUT2D eigenvalue weighted by molar-refractivity contribution is 0.112. The van der Waals surface area contributed by atoms with E-state index < -0.39 is 0 Å². The van der Waals surface area contributed by atoms with Gasteiger partial charge < -0.3 is 4.74 Å². The minimum absolute atomic E-state index is 0.591. The van der Waals surface area contributed by atoms with Crippen molar-refractivity contribution in [3.8, 4) is 17.0 Å². The number of hydrogen-bond acceptors (Lipinski definition) is 3. The van der Waals surface area contributed by atoms with Gasteiger partial charge in [-0.05, 0) is 42.8 Å². The van der Waals surface area contributed by atoms with E-state index in [1.165, 1.54) is 38.5 Å². The molecule has 1 aromatic carbocycles. The number of nitrogens with zero attached hydrogens (tertiary/aromatic N) is 1. The first-order valence-electron chi connectivity index (χ1n) is 8.98. The van der Waals surface area contributed by atoms with Gasteiger partial charge in [-0.1, -0.05) is 45.4 Å². The summed E-state index contributed by atoms with van der Waals surface area (Å²) in [5.74, 6) is 0.897. The molecule has 0 saturated heterocycles. The molecule has 0 N–H and O–H groups in total. The monoisotopic (exact) mass is 325 g/mol. The van der Waals surface area contributed by atoms with Gasteiger partial charge >= 0.3 is 0 Å². The molecule has 0 aliphatic heterocycles. The summed E-state index contributed by atoms with van der Waals surface area (Å²) in [4.78, 5) is 14.9. The molecule has 3 nitrogen and oxygen atoms in total. The number of carbonyl (C=O) groups excluding carboxylic acids is 1. The van der Waals surface area contributed by atoms with E-state index in [4.69, 9.17) is 4.74 Å². The number of carbonyl (C=O) groups is 1. The summed E-state index contributed by atoms with van der Waals surface area (Å²) in [7, 11) is 0. The smallest absolute Gasteiger partial charge is 0.151 e. The fourth-order valence-electron chi connectivity index (χ4n) is 2.62. The van der Waals surface area contributed by atoms with Crippen molar-refractivity contribution in [3.63, 3.8) is 0 Å². The minimum Gasteiger partial charge on any atom is -0.494 e. The molecule has 0 amide bonds. The van der Waals surface area contributed by atoms with Gasteiger partial charge in [0.05, 0.1) is 12.3 Å². The van der Waals surface area contributed by atoms with Crippen molar-refractivity contribution in [3.05, 3.63) is 48.2 Å². The first-order chi connectivity index (χ1) is 11.8. The van der Waals surface area contributed by atoms with Crippen LogP contribution in [0.1, 0.15) is 62.2 Å². The van der Waals surface area contributed by atoms with Gasteiger partial charge in [0.1, 0.15) is 5.75 Å². The predicted molar refractivity (Wildman–Crippen MR) is 98.5 cm³/mol. The predicted octanol–water partition coefficient (Wildman–Crippen LogP) is 5.69. The molecule has 0 aliphatic carbocycles. The zero-order chi connectivity index (χ0) is 17.0. The first-order valence-corrected chi connectivity index (χ1v) is 8.98. The Hall–Kier alpha value is -2.16. The molecule has 0 aliphatic rings. The van der Waals surface area contributed by atoms with Crippen LogP contribution >= 0.6 is 0 Å². The van der Waals surface area contributed by atoms with E-state index in [-0.39, 0.29) is 0 Å². The lowest BCUT2D eigenvalue weighted by Crippen LogP contribution is -1.97. The van der Waals surface area contributed by atoms with Crippen molar-refractivity contribution in [2.45, 2.75) is 51.9 Å². The van der Waals surface area contributed by atoms with Crippen molar-refractivity contribution in [1.82, 2.24) is 4.98 Å². The Morgan fingerprint density at radius 2 is 1.62 bits per heavy atom. The summed E-state index contributed by atoms with van der Waals surface area (Å²) >= 11 is 0. The number of pyridine rings is 1. The zero-order valence-electron chi connectivity index (χ0n) is 14.5. The van der Waals surface area contributed by atoms with Gasteiger partial charge in [0.15, 0.2) is 6.29 Å². The van der Waals surface area contributed by atoms with Crippen LogP contribution in [0.25, 0.3) is 11.3 Å². The maximum atomic E-state index is 10.7. The van der Waals surface area contributed by atoms with Gasteiger partial charge in [-0.25, -0.2) is 0 Å². The number of aldehydes is 1. The molecule has 0 bridgehead atoms. The van der Waals surface area contributed by atoms with E-state index in [9.17, 15) is 4.79 Å². The second-order valence-corrected chi connectivity index (χ2v) is 6.09.